The molecule has 4 aromatic rings. The first-order chi connectivity index (χ1) is 33.5. The number of ether oxygens (including phenoxy) is 2. The normalized spacial score (nSPS) is 17.3. The number of cyclic esters (lactones) is 1. The molecule has 20 heteroatoms. The summed E-state index contributed by atoms with van der Waals surface area (Å²) in [4.78, 5) is 94.1. The Morgan fingerprint density at radius 3 is 2.54 bits per heavy atom. The molecule has 0 saturated carbocycles. The highest BCUT2D eigenvalue weighted by Gasteiger charge is 2.46. The number of fused-ring (bicyclic) bond motifs is 5. The summed E-state index contributed by atoms with van der Waals surface area (Å²) in [6.07, 6.45) is 5.83. The van der Waals surface area contributed by atoms with Crippen molar-refractivity contribution in [1.29, 1.82) is 0 Å². The van der Waals surface area contributed by atoms with Gasteiger partial charge in [0, 0.05) is 67.5 Å². The molecule has 0 unspecified atom stereocenters. The Hall–Kier alpha value is -6.40. The second-order valence-electron chi connectivity index (χ2n) is 18.3. The zero-order chi connectivity index (χ0) is 50.3. The summed E-state index contributed by atoms with van der Waals surface area (Å²) in [6.45, 7) is 10.4. The number of aliphatic hydroxyl groups is 1. The van der Waals surface area contributed by atoms with Crippen molar-refractivity contribution in [3.8, 4) is 23.2 Å². The van der Waals surface area contributed by atoms with Crippen molar-refractivity contribution in [1.82, 2.24) is 45.7 Å². The van der Waals surface area contributed by atoms with Gasteiger partial charge in [-0.05, 0) is 93.4 Å². The lowest BCUT2D eigenvalue weighted by Crippen LogP contribution is -2.66. The highest BCUT2D eigenvalue weighted by Crippen LogP contribution is 2.41. The molecule has 0 spiro atoms. The van der Waals surface area contributed by atoms with Crippen LogP contribution in [0.1, 0.15) is 106 Å². The van der Waals surface area contributed by atoms with E-state index in [0.29, 0.717) is 84.4 Å². The van der Waals surface area contributed by atoms with Gasteiger partial charge in [0.2, 0.25) is 23.6 Å². The summed E-state index contributed by atoms with van der Waals surface area (Å²) in [6, 6.07) is 3.80. The van der Waals surface area contributed by atoms with Crippen LogP contribution in [0, 0.1) is 35.3 Å². The summed E-state index contributed by atoms with van der Waals surface area (Å²) in [7, 11) is 0. The highest BCUT2D eigenvalue weighted by atomic mass is 32.1. The van der Waals surface area contributed by atoms with Crippen LogP contribution in [-0.2, 0) is 58.6 Å². The van der Waals surface area contributed by atoms with E-state index in [4.69, 9.17) is 26.7 Å². The average molecular weight is 982 g/mol. The summed E-state index contributed by atoms with van der Waals surface area (Å²) < 4.78 is 27.8. The van der Waals surface area contributed by atoms with Gasteiger partial charge in [-0.2, -0.15) is 0 Å². The molecule has 1 saturated heterocycles. The molecule has 1 aromatic carbocycles. The number of carbonyl (C=O) groups excluding carboxylic acids is 5. The molecule has 6 N–H and O–H groups in total. The number of likely N-dealkylation sites (tertiary alicyclic amines) is 1. The molecular weight excluding hydrogens is 922 g/mol. The molecule has 0 aliphatic carbocycles. The molecular formula is C50H60FN9O9S. The minimum absolute atomic E-state index is 0.00336. The third kappa shape index (κ3) is 11.1. The molecule has 7 rings (SSSR count). The van der Waals surface area contributed by atoms with Crippen LogP contribution >= 0.6 is 12.2 Å². The number of nitrogens with zero attached hydrogens (tertiary/aromatic N) is 4. The molecule has 3 aliphatic heterocycles. The van der Waals surface area contributed by atoms with Crippen molar-refractivity contribution < 1.29 is 42.9 Å². The molecule has 1 fully saturated rings. The first-order valence-corrected chi connectivity index (χ1v) is 24.2. The smallest absolute Gasteiger partial charge is 0.343 e. The van der Waals surface area contributed by atoms with Crippen molar-refractivity contribution >= 4 is 52.7 Å². The Kier molecular flexibility index (Phi) is 16.3. The number of esters is 1. The van der Waals surface area contributed by atoms with Crippen molar-refractivity contribution in [2.75, 3.05) is 39.5 Å². The van der Waals surface area contributed by atoms with Gasteiger partial charge in [-0.1, -0.05) is 39.5 Å². The number of rotatable bonds is 18. The van der Waals surface area contributed by atoms with E-state index in [1.165, 1.54) is 6.07 Å². The molecule has 70 heavy (non-hydrogen) atoms. The van der Waals surface area contributed by atoms with Gasteiger partial charge in [0.05, 0.1) is 41.1 Å². The van der Waals surface area contributed by atoms with Crippen molar-refractivity contribution in [2.45, 2.75) is 116 Å². The van der Waals surface area contributed by atoms with Crippen LogP contribution in [0.4, 0.5) is 4.39 Å². The van der Waals surface area contributed by atoms with Crippen LogP contribution in [0.2, 0.25) is 0 Å². The first kappa shape index (κ1) is 51.5. The van der Waals surface area contributed by atoms with Crippen LogP contribution in [0.3, 0.4) is 0 Å². The molecule has 3 aromatic heterocycles. The SMILES string of the molecule is CCN1CCC(NC(=O)[C@@H](NC(=O)CCCC#Cc2cnc(=S)[nH]c2)C(C)C)(C(=O)NCC(=O)NCOCCCc2c3c(nc4cc(F)c(C)cc24)-c2cc4c(c(=O)n2C3)COC(=O)[C@]4(O)CC)CC1. The predicted molar refractivity (Wildman–Crippen MR) is 259 cm³/mol. The average Bonchev–Trinajstić information content (AvgIpc) is 3.71. The number of unbranched alkanes of at least 4 members (excludes halogenated alkanes) is 1. The third-order valence-corrected chi connectivity index (χ3v) is 13.6. The Bertz CT molecular complexity index is 2860. The largest absolute Gasteiger partial charge is 0.458 e. The number of hydrogen-bond donors (Lipinski definition) is 6. The number of aryl methyl sites for hydroxylation is 2. The Morgan fingerprint density at radius 1 is 1.07 bits per heavy atom. The molecule has 18 nitrogen and oxygen atoms in total. The summed E-state index contributed by atoms with van der Waals surface area (Å²) >= 11 is 4.95. The van der Waals surface area contributed by atoms with Crippen LogP contribution in [0.15, 0.2) is 35.4 Å². The Balaban J connectivity index is 0.927. The zero-order valence-electron chi connectivity index (χ0n) is 40.1. The van der Waals surface area contributed by atoms with Gasteiger partial charge < -0.3 is 50.3 Å². The minimum Gasteiger partial charge on any atom is -0.458 e. The van der Waals surface area contributed by atoms with E-state index in [9.17, 15) is 38.3 Å². The number of nitrogens with one attached hydrogen (secondary N) is 5. The maximum Gasteiger partial charge on any atom is 0.343 e. The van der Waals surface area contributed by atoms with Crippen molar-refractivity contribution in [2.24, 2.45) is 5.92 Å². The fraction of sp³-hybridized carbons (Fsp3) is 0.500. The van der Waals surface area contributed by atoms with Gasteiger partial charge in [-0.25, -0.2) is 19.2 Å². The van der Waals surface area contributed by atoms with E-state index in [1.54, 1.807) is 42.9 Å². The van der Waals surface area contributed by atoms with Gasteiger partial charge in [0.25, 0.3) is 5.56 Å². The Morgan fingerprint density at radius 2 is 1.84 bits per heavy atom. The lowest BCUT2D eigenvalue weighted by molar-refractivity contribution is -0.172. The van der Waals surface area contributed by atoms with E-state index >= 15 is 0 Å². The molecule has 3 aliphatic rings. The topological polar surface area (TPSA) is 239 Å². The van der Waals surface area contributed by atoms with E-state index in [0.717, 1.165) is 23.1 Å². The number of carbonyl (C=O) groups is 5. The van der Waals surface area contributed by atoms with Gasteiger partial charge in [-0.3, -0.25) is 24.0 Å². The monoisotopic (exact) mass is 981 g/mol. The second-order valence-corrected chi connectivity index (χ2v) is 18.7. The van der Waals surface area contributed by atoms with Gasteiger partial charge in [-0.15, -0.1) is 0 Å². The number of H-pyrrole nitrogens is 1. The van der Waals surface area contributed by atoms with Gasteiger partial charge >= 0.3 is 5.97 Å². The highest BCUT2D eigenvalue weighted by molar-refractivity contribution is 7.71. The number of aromatic amines is 1. The molecule has 6 heterocycles. The maximum absolute atomic E-state index is 14.9. The quantitative estimate of drug-likeness (QED) is 0.0243. The lowest BCUT2D eigenvalue weighted by atomic mass is 9.85. The molecule has 2 atom stereocenters. The fourth-order valence-corrected chi connectivity index (χ4v) is 9.30. The third-order valence-electron chi connectivity index (χ3n) is 13.4. The minimum atomic E-state index is -1.99. The number of pyridine rings is 2. The van der Waals surface area contributed by atoms with E-state index in [-0.39, 0.29) is 68.8 Å². The second kappa shape index (κ2) is 22.1. The zero-order valence-corrected chi connectivity index (χ0v) is 41.0. The summed E-state index contributed by atoms with van der Waals surface area (Å²) in [5.41, 5.74) is 0.634. The number of amides is 4. The van der Waals surface area contributed by atoms with Crippen LogP contribution in [0.5, 0.6) is 0 Å². The van der Waals surface area contributed by atoms with E-state index in [2.05, 4.69) is 48.0 Å². The molecule has 4 amide bonds. The first-order valence-electron chi connectivity index (χ1n) is 23.8. The lowest BCUT2D eigenvalue weighted by Gasteiger charge is -2.41. The Labute approximate surface area is 409 Å². The van der Waals surface area contributed by atoms with E-state index in [1.807, 2.05) is 20.8 Å². The van der Waals surface area contributed by atoms with E-state index < -0.39 is 52.2 Å². The van der Waals surface area contributed by atoms with Crippen molar-refractivity contribution in [3.63, 3.8) is 0 Å². The molecule has 372 valence electrons. The number of hydrogen-bond acceptors (Lipinski definition) is 13. The summed E-state index contributed by atoms with van der Waals surface area (Å²) in [5, 5.41) is 23.2. The number of piperidine rings is 1. The number of halogens is 1. The molecule has 0 bridgehead atoms. The maximum atomic E-state index is 14.9. The summed E-state index contributed by atoms with van der Waals surface area (Å²) in [5.74, 6) is 2.61. The molecule has 0 radical (unpaired) electrons. The number of aromatic nitrogens is 4. The van der Waals surface area contributed by atoms with Gasteiger partial charge in [0.1, 0.15) is 30.7 Å². The van der Waals surface area contributed by atoms with Crippen LogP contribution in [-0.4, -0.2) is 110 Å². The fourth-order valence-electron chi connectivity index (χ4n) is 9.19. The number of benzene rings is 1. The standard InChI is InChI=1S/C50H60FN9O9S/c1-6-50(67)36-21-39-43-34(26-60(39)45(64)35(36)27-69-47(50)66)32(33-20-30(5)37(51)22-38(33)56-43)13-11-19-68-28-55-41(62)25-52-46(65)49(15-17-59(7-2)18-16-49)58-44(63)42(29(3)4)57-40(61)14-10-8-9-12-31-23-53-48(70)54-24-31/h20-24,29,42,67H,6-8,10-11,13-19,25-28H2,1-5H3,(H,52,65)(H,55,62)(H,57,61)(H,58,63)(H,53,54,70)/t42-,50-/m0/s1. The van der Waals surface area contributed by atoms with Crippen molar-refractivity contribution in [3.05, 3.63) is 84.9 Å². The predicted octanol–water partition coefficient (Wildman–Crippen LogP) is 3.45. The van der Waals surface area contributed by atoms with Crippen LogP contribution < -0.4 is 26.8 Å². The van der Waals surface area contributed by atoms with Gasteiger partial charge in [0.15, 0.2) is 10.4 Å². The van der Waals surface area contributed by atoms with Crippen LogP contribution in [0.25, 0.3) is 22.3 Å².